The van der Waals surface area contributed by atoms with E-state index in [0.29, 0.717) is 0 Å². The molecular formula is C11H24N4. The predicted octanol–water partition coefficient (Wildman–Crippen LogP) is 1.19. The Morgan fingerprint density at radius 3 is 2.73 bits per heavy atom. The molecule has 0 bridgehead atoms. The molecule has 0 saturated carbocycles. The number of aliphatic imine (C=N–C) groups is 1. The Bertz CT molecular complexity index is 215. The van der Waals surface area contributed by atoms with Crippen molar-refractivity contribution in [1.29, 1.82) is 0 Å². The van der Waals surface area contributed by atoms with Crippen molar-refractivity contribution in [3.8, 4) is 0 Å². The average molecular weight is 212 g/mol. The summed E-state index contributed by atoms with van der Waals surface area (Å²) in [5.41, 5.74) is 2.72. The number of guanidine groups is 1. The van der Waals surface area contributed by atoms with Crippen LogP contribution in [-0.2, 0) is 0 Å². The molecule has 4 heteroatoms. The topological polar surface area (TPSA) is 53.6 Å². The maximum absolute atomic E-state index is 5.50. The average Bonchev–Trinajstić information content (AvgIpc) is 2.24. The third-order valence-corrected chi connectivity index (χ3v) is 3.25. The zero-order valence-electron chi connectivity index (χ0n) is 10.2. The summed E-state index contributed by atoms with van der Waals surface area (Å²) in [6.07, 6.45) is 2.29. The number of nitrogens with zero attached hydrogens (tertiary/aromatic N) is 2. The minimum Gasteiger partial charge on any atom is -0.342 e. The summed E-state index contributed by atoms with van der Waals surface area (Å²) in [5.74, 6) is 7.89. The summed E-state index contributed by atoms with van der Waals surface area (Å²) < 4.78 is 0. The van der Waals surface area contributed by atoms with Crippen molar-refractivity contribution >= 4 is 5.96 Å². The van der Waals surface area contributed by atoms with Gasteiger partial charge in [0.1, 0.15) is 0 Å². The first-order valence-electron chi connectivity index (χ1n) is 5.95. The molecule has 1 aliphatic heterocycles. The van der Waals surface area contributed by atoms with Crippen LogP contribution in [0.3, 0.4) is 0 Å². The maximum atomic E-state index is 5.50. The van der Waals surface area contributed by atoms with Crippen LogP contribution in [0.25, 0.3) is 0 Å². The molecule has 0 aromatic rings. The number of nitrogens with one attached hydrogen (secondary N) is 1. The molecule has 1 saturated heterocycles. The number of nitrogens with two attached hydrogens (primary N) is 1. The fraction of sp³-hybridized carbons (Fsp3) is 0.909. The van der Waals surface area contributed by atoms with Crippen molar-refractivity contribution in [2.45, 2.75) is 33.6 Å². The molecule has 88 valence electrons. The lowest BCUT2D eigenvalue weighted by atomic mass is 9.89. The van der Waals surface area contributed by atoms with Gasteiger partial charge >= 0.3 is 0 Å². The summed E-state index contributed by atoms with van der Waals surface area (Å²) in [6.45, 7) is 9.72. The molecule has 0 aromatic heterocycles. The smallest absolute Gasteiger partial charge is 0.208 e. The maximum Gasteiger partial charge on any atom is 0.208 e. The quantitative estimate of drug-likeness (QED) is 0.313. The Labute approximate surface area is 92.9 Å². The second kappa shape index (κ2) is 5.95. The second-order valence-corrected chi connectivity index (χ2v) is 4.54. The van der Waals surface area contributed by atoms with Gasteiger partial charge in [0.2, 0.25) is 5.96 Å². The van der Waals surface area contributed by atoms with Crippen molar-refractivity contribution < 1.29 is 0 Å². The molecule has 4 nitrogen and oxygen atoms in total. The minimum atomic E-state index is 0.721. The van der Waals surface area contributed by atoms with Gasteiger partial charge in [-0.2, -0.15) is 0 Å². The van der Waals surface area contributed by atoms with Gasteiger partial charge in [0.05, 0.1) is 0 Å². The van der Waals surface area contributed by atoms with Crippen LogP contribution < -0.4 is 11.3 Å². The lowest BCUT2D eigenvalue weighted by Gasteiger charge is -2.36. The van der Waals surface area contributed by atoms with Crippen LogP contribution in [0, 0.1) is 11.8 Å². The number of rotatable bonds is 2. The molecule has 0 aromatic carbocycles. The number of likely N-dealkylation sites (tertiary alicyclic amines) is 1. The molecule has 1 aliphatic rings. The van der Waals surface area contributed by atoms with Gasteiger partial charge in [-0.3, -0.25) is 10.4 Å². The second-order valence-electron chi connectivity index (χ2n) is 4.54. The standard InChI is InChI=1S/C11H24N4/c1-4-6-13-11(14-12)15-7-5-9(2)10(3)8-15/h9-10H,4-8,12H2,1-3H3,(H,13,14). The van der Waals surface area contributed by atoms with E-state index < -0.39 is 0 Å². The Hall–Kier alpha value is -0.770. The Morgan fingerprint density at radius 1 is 1.47 bits per heavy atom. The van der Waals surface area contributed by atoms with Gasteiger partial charge in [0.25, 0.3) is 0 Å². The first-order valence-corrected chi connectivity index (χ1v) is 5.95. The molecule has 1 heterocycles. The van der Waals surface area contributed by atoms with Gasteiger partial charge in [0.15, 0.2) is 0 Å². The third kappa shape index (κ3) is 3.38. The molecule has 2 atom stereocenters. The van der Waals surface area contributed by atoms with Gasteiger partial charge in [-0.25, -0.2) is 5.84 Å². The molecule has 0 spiro atoms. The molecule has 0 radical (unpaired) electrons. The fourth-order valence-electron chi connectivity index (χ4n) is 1.91. The van der Waals surface area contributed by atoms with E-state index in [1.807, 2.05) is 0 Å². The SMILES string of the molecule is CCCN=C(NN)N1CCC(C)C(C)C1. The van der Waals surface area contributed by atoms with E-state index in [0.717, 1.165) is 43.9 Å². The molecule has 2 unspecified atom stereocenters. The fourth-order valence-corrected chi connectivity index (χ4v) is 1.91. The molecule has 0 amide bonds. The monoisotopic (exact) mass is 212 g/mol. The van der Waals surface area contributed by atoms with E-state index in [-0.39, 0.29) is 0 Å². The lowest BCUT2D eigenvalue weighted by molar-refractivity contribution is 0.200. The van der Waals surface area contributed by atoms with Gasteiger partial charge in [0, 0.05) is 19.6 Å². The predicted molar refractivity (Wildman–Crippen MR) is 64.4 cm³/mol. The van der Waals surface area contributed by atoms with Gasteiger partial charge in [-0.05, 0) is 24.7 Å². The zero-order chi connectivity index (χ0) is 11.3. The van der Waals surface area contributed by atoms with Crippen LogP contribution in [-0.4, -0.2) is 30.5 Å². The van der Waals surface area contributed by atoms with E-state index in [4.69, 9.17) is 5.84 Å². The summed E-state index contributed by atoms with van der Waals surface area (Å²) in [6, 6.07) is 0. The van der Waals surface area contributed by atoms with Crippen molar-refractivity contribution in [3.05, 3.63) is 0 Å². The minimum absolute atomic E-state index is 0.721. The van der Waals surface area contributed by atoms with Crippen LogP contribution in [0.1, 0.15) is 33.6 Å². The number of hydrogen-bond acceptors (Lipinski definition) is 2. The molecule has 15 heavy (non-hydrogen) atoms. The first kappa shape index (κ1) is 12.3. The molecule has 3 N–H and O–H groups in total. The number of hydrogen-bond donors (Lipinski definition) is 2. The van der Waals surface area contributed by atoms with E-state index in [9.17, 15) is 0 Å². The summed E-state index contributed by atoms with van der Waals surface area (Å²) in [5, 5.41) is 0. The van der Waals surface area contributed by atoms with Gasteiger partial charge in [-0.15, -0.1) is 0 Å². The highest BCUT2D eigenvalue weighted by atomic mass is 15.4. The van der Waals surface area contributed by atoms with Crippen molar-refractivity contribution in [2.75, 3.05) is 19.6 Å². The van der Waals surface area contributed by atoms with E-state index in [1.54, 1.807) is 0 Å². The highest BCUT2D eigenvalue weighted by Crippen LogP contribution is 2.22. The van der Waals surface area contributed by atoms with Crippen LogP contribution in [0.15, 0.2) is 4.99 Å². The summed E-state index contributed by atoms with van der Waals surface area (Å²) in [7, 11) is 0. The van der Waals surface area contributed by atoms with E-state index in [2.05, 4.69) is 36.1 Å². The summed E-state index contributed by atoms with van der Waals surface area (Å²) in [4.78, 5) is 6.71. The van der Waals surface area contributed by atoms with E-state index >= 15 is 0 Å². The third-order valence-electron chi connectivity index (χ3n) is 3.25. The Balaban J connectivity index is 2.54. The van der Waals surface area contributed by atoms with Crippen molar-refractivity contribution in [1.82, 2.24) is 10.3 Å². The normalized spacial score (nSPS) is 28.0. The molecule has 1 rings (SSSR count). The highest BCUT2D eigenvalue weighted by Gasteiger charge is 2.24. The van der Waals surface area contributed by atoms with Gasteiger partial charge < -0.3 is 4.90 Å². The molecule has 0 aliphatic carbocycles. The first-order chi connectivity index (χ1) is 7.19. The Morgan fingerprint density at radius 2 is 2.20 bits per heavy atom. The van der Waals surface area contributed by atoms with E-state index in [1.165, 1.54) is 6.42 Å². The van der Waals surface area contributed by atoms with Crippen molar-refractivity contribution in [2.24, 2.45) is 22.7 Å². The zero-order valence-corrected chi connectivity index (χ0v) is 10.2. The lowest BCUT2D eigenvalue weighted by Crippen LogP contribution is -2.50. The van der Waals surface area contributed by atoms with Gasteiger partial charge in [-0.1, -0.05) is 20.8 Å². The summed E-state index contributed by atoms with van der Waals surface area (Å²) >= 11 is 0. The highest BCUT2D eigenvalue weighted by molar-refractivity contribution is 5.79. The van der Waals surface area contributed by atoms with Crippen molar-refractivity contribution in [3.63, 3.8) is 0 Å². The molecule has 1 fully saturated rings. The van der Waals surface area contributed by atoms with Crippen LogP contribution in [0.5, 0.6) is 0 Å². The molecular weight excluding hydrogens is 188 g/mol. The van der Waals surface area contributed by atoms with Crippen LogP contribution >= 0.6 is 0 Å². The van der Waals surface area contributed by atoms with Crippen LogP contribution in [0.4, 0.5) is 0 Å². The Kier molecular flexibility index (Phi) is 4.88. The van der Waals surface area contributed by atoms with Crippen LogP contribution in [0.2, 0.25) is 0 Å². The number of piperidine rings is 1. The number of hydrazine groups is 1. The largest absolute Gasteiger partial charge is 0.342 e.